The molecule has 0 rings (SSSR count). The molecule has 3 nitrogen and oxygen atoms in total. The Hall–Kier alpha value is -1.12. The maximum absolute atomic E-state index is 11.0. The predicted octanol–water partition coefficient (Wildman–Crippen LogP) is 1.68. The van der Waals surface area contributed by atoms with E-state index in [4.69, 9.17) is 0 Å². The third-order valence-electron chi connectivity index (χ3n) is 1.59. The number of carbonyl (C=O) groups excluding carboxylic acids is 2. The second-order valence-corrected chi connectivity index (χ2v) is 2.54. The average molecular weight is 170 g/mol. The van der Waals surface area contributed by atoms with Crippen LogP contribution in [0.1, 0.15) is 26.2 Å². The van der Waals surface area contributed by atoms with Gasteiger partial charge in [0.25, 0.3) is 0 Å². The van der Waals surface area contributed by atoms with E-state index in [-0.39, 0.29) is 12.4 Å². The first-order valence-electron chi connectivity index (χ1n) is 4.01. The number of allylic oxidation sites excluding steroid dienone is 1. The molecule has 0 amide bonds. The molecule has 0 aromatic carbocycles. The van der Waals surface area contributed by atoms with Gasteiger partial charge in [-0.25, -0.2) is 0 Å². The molecular weight excluding hydrogens is 156 g/mol. The predicted molar refractivity (Wildman–Crippen MR) is 45.4 cm³/mol. The summed E-state index contributed by atoms with van der Waals surface area (Å²) in [5.74, 6) is -0.663. The molecule has 0 radical (unpaired) electrons. The van der Waals surface area contributed by atoms with Crippen LogP contribution in [0.2, 0.25) is 0 Å². The molecule has 0 fully saturated rings. The molecule has 0 aliphatic rings. The van der Waals surface area contributed by atoms with Gasteiger partial charge in [0.1, 0.15) is 0 Å². The molecule has 0 heterocycles. The molecule has 0 aliphatic heterocycles. The Kier molecular flexibility index (Phi) is 5.97. The summed E-state index contributed by atoms with van der Waals surface area (Å²) in [4.78, 5) is 20.9. The van der Waals surface area contributed by atoms with Crippen LogP contribution in [0, 0.1) is 5.92 Å². The fraction of sp³-hybridized carbons (Fsp3) is 0.556. The van der Waals surface area contributed by atoms with Gasteiger partial charge in [-0.2, -0.15) is 0 Å². The molecular formula is C9H14O3. The van der Waals surface area contributed by atoms with Crippen LogP contribution >= 0.6 is 0 Å². The van der Waals surface area contributed by atoms with E-state index < -0.39 is 5.97 Å². The quantitative estimate of drug-likeness (QED) is 0.263. The van der Waals surface area contributed by atoms with Crippen LogP contribution in [0.25, 0.3) is 0 Å². The van der Waals surface area contributed by atoms with Crippen molar-refractivity contribution < 1.29 is 14.3 Å². The van der Waals surface area contributed by atoms with Gasteiger partial charge in [0.2, 0.25) is 0 Å². The Morgan fingerprint density at radius 2 is 2.33 bits per heavy atom. The number of esters is 1. The minimum atomic E-state index is -0.452. The zero-order chi connectivity index (χ0) is 9.40. The van der Waals surface area contributed by atoms with E-state index in [1.165, 1.54) is 0 Å². The molecule has 0 aromatic heterocycles. The Morgan fingerprint density at radius 3 is 2.75 bits per heavy atom. The van der Waals surface area contributed by atoms with E-state index in [1.807, 2.05) is 6.92 Å². The van der Waals surface area contributed by atoms with Crippen LogP contribution in [-0.2, 0) is 14.3 Å². The van der Waals surface area contributed by atoms with Gasteiger partial charge in [0.15, 0.2) is 0 Å². The lowest BCUT2D eigenvalue weighted by Crippen LogP contribution is -2.16. The lowest BCUT2D eigenvalue weighted by molar-refractivity contribution is -0.155. The standard InChI is InChI=1S/C9H14O3/c1-3-5-8(6-4-2)9(11)12-7-10/h3,7-8H,1,4-6H2,2H3. The SMILES string of the molecule is C=CCC(CCC)C(=O)OC=O. The van der Waals surface area contributed by atoms with E-state index in [9.17, 15) is 9.59 Å². The fourth-order valence-electron chi connectivity index (χ4n) is 1.03. The second kappa shape index (κ2) is 6.58. The molecule has 1 atom stereocenters. The van der Waals surface area contributed by atoms with Crippen LogP contribution in [-0.4, -0.2) is 12.4 Å². The smallest absolute Gasteiger partial charge is 0.316 e. The summed E-state index contributed by atoms with van der Waals surface area (Å²) in [6, 6.07) is 0. The van der Waals surface area contributed by atoms with Gasteiger partial charge in [-0.3, -0.25) is 9.59 Å². The number of hydrogen-bond donors (Lipinski definition) is 0. The van der Waals surface area contributed by atoms with E-state index in [1.54, 1.807) is 6.08 Å². The maximum Gasteiger partial charge on any atom is 0.316 e. The first-order valence-corrected chi connectivity index (χ1v) is 4.01. The maximum atomic E-state index is 11.0. The molecule has 0 N–H and O–H groups in total. The number of carbonyl (C=O) groups is 2. The minimum absolute atomic E-state index is 0.175. The molecule has 3 heteroatoms. The zero-order valence-corrected chi connectivity index (χ0v) is 7.29. The molecule has 0 saturated carbocycles. The summed E-state index contributed by atoms with van der Waals surface area (Å²) < 4.78 is 4.24. The van der Waals surface area contributed by atoms with E-state index in [0.29, 0.717) is 6.42 Å². The van der Waals surface area contributed by atoms with Gasteiger partial charge < -0.3 is 4.74 Å². The first-order chi connectivity index (χ1) is 5.76. The number of hydrogen-bond acceptors (Lipinski definition) is 3. The molecule has 0 aromatic rings. The van der Waals surface area contributed by atoms with E-state index in [2.05, 4.69) is 11.3 Å². The number of ether oxygens (including phenoxy) is 1. The summed E-state index contributed by atoms with van der Waals surface area (Å²) in [5.41, 5.74) is 0. The Labute approximate surface area is 72.4 Å². The summed E-state index contributed by atoms with van der Waals surface area (Å²) >= 11 is 0. The second-order valence-electron chi connectivity index (χ2n) is 2.54. The lowest BCUT2D eigenvalue weighted by atomic mass is 10.0. The molecule has 1 unspecified atom stereocenters. The van der Waals surface area contributed by atoms with Crippen molar-refractivity contribution in [1.82, 2.24) is 0 Å². The molecule has 0 aliphatic carbocycles. The van der Waals surface area contributed by atoms with Crippen LogP contribution in [0.5, 0.6) is 0 Å². The third kappa shape index (κ3) is 3.91. The Bertz CT molecular complexity index is 163. The van der Waals surface area contributed by atoms with Crippen molar-refractivity contribution in [3.8, 4) is 0 Å². The first kappa shape index (κ1) is 10.9. The highest BCUT2D eigenvalue weighted by Crippen LogP contribution is 2.12. The van der Waals surface area contributed by atoms with Crippen molar-refractivity contribution in [2.75, 3.05) is 0 Å². The largest absolute Gasteiger partial charge is 0.395 e. The molecule has 0 saturated heterocycles. The van der Waals surface area contributed by atoms with Gasteiger partial charge in [0.05, 0.1) is 5.92 Å². The van der Waals surface area contributed by atoms with Crippen molar-refractivity contribution >= 4 is 12.4 Å². The molecule has 12 heavy (non-hydrogen) atoms. The van der Waals surface area contributed by atoms with Crippen LogP contribution in [0.3, 0.4) is 0 Å². The lowest BCUT2D eigenvalue weighted by Gasteiger charge is -2.09. The van der Waals surface area contributed by atoms with Gasteiger partial charge in [-0.15, -0.1) is 6.58 Å². The van der Waals surface area contributed by atoms with Crippen LogP contribution in [0.4, 0.5) is 0 Å². The Balaban J connectivity index is 3.97. The minimum Gasteiger partial charge on any atom is -0.395 e. The Morgan fingerprint density at radius 1 is 1.67 bits per heavy atom. The molecule has 0 spiro atoms. The van der Waals surface area contributed by atoms with Crippen molar-refractivity contribution in [2.45, 2.75) is 26.2 Å². The monoisotopic (exact) mass is 170 g/mol. The number of rotatable bonds is 6. The van der Waals surface area contributed by atoms with Crippen molar-refractivity contribution in [2.24, 2.45) is 5.92 Å². The van der Waals surface area contributed by atoms with Gasteiger partial charge in [-0.1, -0.05) is 19.4 Å². The van der Waals surface area contributed by atoms with Gasteiger partial charge in [0, 0.05) is 0 Å². The zero-order valence-electron chi connectivity index (χ0n) is 7.29. The highest BCUT2D eigenvalue weighted by Gasteiger charge is 2.16. The van der Waals surface area contributed by atoms with Crippen LogP contribution < -0.4 is 0 Å². The van der Waals surface area contributed by atoms with Gasteiger partial charge >= 0.3 is 12.4 Å². The van der Waals surface area contributed by atoms with Crippen molar-refractivity contribution in [3.63, 3.8) is 0 Å². The highest BCUT2D eigenvalue weighted by atomic mass is 16.6. The normalized spacial score (nSPS) is 11.8. The summed E-state index contributed by atoms with van der Waals surface area (Å²) in [7, 11) is 0. The van der Waals surface area contributed by atoms with E-state index in [0.717, 1.165) is 12.8 Å². The summed E-state index contributed by atoms with van der Waals surface area (Å²) in [5, 5.41) is 0. The fourth-order valence-corrected chi connectivity index (χ4v) is 1.03. The topological polar surface area (TPSA) is 43.4 Å². The third-order valence-corrected chi connectivity index (χ3v) is 1.59. The summed E-state index contributed by atoms with van der Waals surface area (Å²) in [6.07, 6.45) is 3.86. The molecule has 0 bridgehead atoms. The van der Waals surface area contributed by atoms with Gasteiger partial charge in [-0.05, 0) is 12.8 Å². The van der Waals surface area contributed by atoms with E-state index >= 15 is 0 Å². The van der Waals surface area contributed by atoms with Crippen molar-refractivity contribution in [1.29, 1.82) is 0 Å². The molecule has 68 valence electrons. The highest BCUT2D eigenvalue weighted by molar-refractivity contribution is 5.78. The van der Waals surface area contributed by atoms with Crippen LogP contribution in [0.15, 0.2) is 12.7 Å². The average Bonchev–Trinajstić information content (AvgIpc) is 2.04. The summed E-state index contributed by atoms with van der Waals surface area (Å²) in [6.45, 7) is 5.68. The van der Waals surface area contributed by atoms with Crippen molar-refractivity contribution in [3.05, 3.63) is 12.7 Å².